The van der Waals surface area contributed by atoms with Crippen molar-refractivity contribution in [3.63, 3.8) is 0 Å². The van der Waals surface area contributed by atoms with Crippen LogP contribution in [0.1, 0.15) is 26.3 Å². The summed E-state index contributed by atoms with van der Waals surface area (Å²) in [6, 6.07) is 39.7. The molecule has 0 spiro atoms. The molecule has 7 nitrogen and oxygen atoms in total. The van der Waals surface area contributed by atoms with Gasteiger partial charge in [0.15, 0.2) is 12.0 Å². The Labute approximate surface area is 271 Å². The number of rotatable bonds is 4. The molecule has 0 radical (unpaired) electrons. The van der Waals surface area contributed by atoms with E-state index in [1.807, 2.05) is 41.1 Å². The van der Waals surface area contributed by atoms with E-state index in [4.69, 9.17) is 9.72 Å². The van der Waals surface area contributed by atoms with Gasteiger partial charge in [-0.1, -0.05) is 63.2 Å². The SMILES string of the molecule is CC(C)(C)c1ccnc(-n2c3ccccc3c3ccc(Oc4cccc(-[n+]5[c-]n6cccc6c6cccn6n6cccc65)c4)cc32)c1. The van der Waals surface area contributed by atoms with Crippen molar-refractivity contribution in [3.8, 4) is 23.0 Å². The number of hydrogen-bond donors (Lipinski definition) is 0. The lowest BCUT2D eigenvalue weighted by Crippen LogP contribution is -2.34. The maximum atomic E-state index is 6.60. The molecule has 0 saturated carbocycles. The molecule has 0 amide bonds. The Bertz CT molecular complexity index is 2660. The van der Waals surface area contributed by atoms with Crippen LogP contribution in [0.5, 0.6) is 11.5 Å². The highest BCUT2D eigenvalue weighted by Gasteiger charge is 2.18. The van der Waals surface area contributed by atoms with E-state index in [1.165, 1.54) is 10.9 Å². The number of nitrogens with zero attached hydrogens (tertiary/aromatic N) is 6. The zero-order valence-corrected chi connectivity index (χ0v) is 26.4. The van der Waals surface area contributed by atoms with E-state index in [0.717, 1.165) is 56.1 Å². The zero-order chi connectivity index (χ0) is 31.7. The summed E-state index contributed by atoms with van der Waals surface area (Å²) in [6.07, 6.45) is 11.7. The highest BCUT2D eigenvalue weighted by atomic mass is 16.5. The molecular weight excluding hydrogens is 580 g/mol. The van der Waals surface area contributed by atoms with Crippen LogP contribution in [-0.2, 0) is 5.41 Å². The molecule has 6 aromatic heterocycles. The van der Waals surface area contributed by atoms with Gasteiger partial charge in [0, 0.05) is 41.1 Å². The summed E-state index contributed by atoms with van der Waals surface area (Å²) < 4.78 is 17.2. The minimum Gasteiger partial charge on any atom is -0.458 e. The number of fused-ring (bicyclic) bond motifs is 8. The van der Waals surface area contributed by atoms with E-state index in [1.54, 1.807) is 0 Å². The van der Waals surface area contributed by atoms with Gasteiger partial charge in [0.2, 0.25) is 0 Å². The fourth-order valence-corrected chi connectivity index (χ4v) is 6.60. The first-order chi connectivity index (χ1) is 22.9. The summed E-state index contributed by atoms with van der Waals surface area (Å²) in [5, 5.41) is 2.34. The number of para-hydroxylation sites is 1. The third-order valence-corrected chi connectivity index (χ3v) is 8.91. The van der Waals surface area contributed by atoms with Gasteiger partial charge in [0.1, 0.15) is 17.3 Å². The number of ether oxygens (including phenoxy) is 1. The first-order valence-electron chi connectivity index (χ1n) is 15.8. The summed E-state index contributed by atoms with van der Waals surface area (Å²) in [4.78, 5) is 4.83. The maximum absolute atomic E-state index is 6.60. The molecule has 9 aromatic rings. The third kappa shape index (κ3) is 4.42. The predicted octanol–water partition coefficient (Wildman–Crippen LogP) is 8.67. The lowest BCUT2D eigenvalue weighted by Gasteiger charge is -2.20. The van der Waals surface area contributed by atoms with Gasteiger partial charge in [-0.2, -0.15) is 4.52 Å². The molecule has 9 rings (SSSR count). The van der Waals surface area contributed by atoms with E-state index in [9.17, 15) is 0 Å². The monoisotopic (exact) mass is 612 g/mol. The van der Waals surface area contributed by atoms with Crippen molar-refractivity contribution in [1.82, 2.24) is 23.0 Å². The normalized spacial score (nSPS) is 12.1. The summed E-state index contributed by atoms with van der Waals surface area (Å²) in [6.45, 7) is 6.69. The summed E-state index contributed by atoms with van der Waals surface area (Å²) in [7, 11) is 0. The second kappa shape index (κ2) is 10.2. The second-order valence-electron chi connectivity index (χ2n) is 12.9. The Morgan fingerprint density at radius 3 is 2.32 bits per heavy atom. The molecule has 0 saturated heterocycles. The quantitative estimate of drug-likeness (QED) is 0.147. The number of benzene rings is 3. The van der Waals surface area contributed by atoms with Gasteiger partial charge < -0.3 is 9.14 Å². The van der Waals surface area contributed by atoms with E-state index in [2.05, 4.69) is 149 Å². The topological polar surface area (TPSA) is 44.2 Å². The van der Waals surface area contributed by atoms with Crippen molar-refractivity contribution < 1.29 is 9.30 Å². The van der Waals surface area contributed by atoms with Gasteiger partial charge in [-0.05, 0) is 77.7 Å². The van der Waals surface area contributed by atoms with E-state index >= 15 is 0 Å². The van der Waals surface area contributed by atoms with Crippen molar-refractivity contribution >= 4 is 38.5 Å². The van der Waals surface area contributed by atoms with Crippen LogP contribution in [0.25, 0.3) is 50.0 Å². The van der Waals surface area contributed by atoms with Crippen molar-refractivity contribution in [3.05, 3.63) is 152 Å². The van der Waals surface area contributed by atoms with Gasteiger partial charge in [0.25, 0.3) is 0 Å². The van der Waals surface area contributed by atoms with Crippen LogP contribution >= 0.6 is 0 Å². The Balaban J connectivity index is 1.18. The summed E-state index contributed by atoms with van der Waals surface area (Å²) in [5.41, 5.74) is 7.42. The van der Waals surface area contributed by atoms with Crippen molar-refractivity contribution in [2.24, 2.45) is 0 Å². The molecule has 0 aliphatic heterocycles. The van der Waals surface area contributed by atoms with Gasteiger partial charge in [-0.15, -0.1) is 0 Å². The fourth-order valence-electron chi connectivity index (χ4n) is 6.60. The molecular formula is C40H32N6O. The predicted molar refractivity (Wildman–Crippen MR) is 186 cm³/mol. The highest BCUT2D eigenvalue weighted by Crippen LogP contribution is 2.36. The zero-order valence-electron chi connectivity index (χ0n) is 26.4. The fraction of sp³-hybridized carbons (Fsp3) is 0.100. The molecule has 0 bridgehead atoms. The molecule has 228 valence electrons. The van der Waals surface area contributed by atoms with Gasteiger partial charge in [-0.3, -0.25) is 9.13 Å². The van der Waals surface area contributed by atoms with Crippen LogP contribution in [-0.4, -0.2) is 23.0 Å². The highest BCUT2D eigenvalue weighted by molar-refractivity contribution is 6.09. The maximum Gasteiger partial charge on any atom is 0.198 e. The number of pyridine rings is 1. The molecule has 47 heavy (non-hydrogen) atoms. The average Bonchev–Trinajstić information content (AvgIpc) is 3.88. The Hall–Kier alpha value is -6.08. The van der Waals surface area contributed by atoms with Crippen LogP contribution in [0.4, 0.5) is 0 Å². The van der Waals surface area contributed by atoms with Crippen LogP contribution < -0.4 is 9.30 Å². The van der Waals surface area contributed by atoms with Crippen LogP contribution in [0.15, 0.2) is 140 Å². The summed E-state index contributed by atoms with van der Waals surface area (Å²) >= 11 is 0. The van der Waals surface area contributed by atoms with E-state index < -0.39 is 0 Å². The molecule has 6 heterocycles. The van der Waals surface area contributed by atoms with Crippen molar-refractivity contribution in [1.29, 1.82) is 0 Å². The lowest BCUT2D eigenvalue weighted by atomic mass is 9.88. The third-order valence-electron chi connectivity index (χ3n) is 8.91. The molecule has 0 N–H and O–H groups in total. The Morgan fingerprint density at radius 1 is 0.638 bits per heavy atom. The molecule has 3 aromatic carbocycles. The smallest absolute Gasteiger partial charge is 0.198 e. The van der Waals surface area contributed by atoms with Gasteiger partial charge >= 0.3 is 0 Å². The van der Waals surface area contributed by atoms with Crippen LogP contribution in [0, 0.1) is 6.33 Å². The molecule has 0 aliphatic rings. The number of aromatic nitrogens is 6. The van der Waals surface area contributed by atoms with Crippen LogP contribution in [0.2, 0.25) is 0 Å². The summed E-state index contributed by atoms with van der Waals surface area (Å²) in [5.74, 6) is 2.37. The number of hydrogen-bond acceptors (Lipinski definition) is 2. The van der Waals surface area contributed by atoms with Gasteiger partial charge in [0.05, 0.1) is 28.3 Å². The second-order valence-corrected chi connectivity index (χ2v) is 12.9. The molecule has 0 unspecified atom stereocenters. The minimum atomic E-state index is 0.00577. The minimum absolute atomic E-state index is 0.00577. The van der Waals surface area contributed by atoms with Gasteiger partial charge in [-0.25, -0.2) is 9.50 Å². The lowest BCUT2D eigenvalue weighted by molar-refractivity contribution is -0.579. The Morgan fingerprint density at radius 2 is 1.40 bits per heavy atom. The van der Waals surface area contributed by atoms with Crippen LogP contribution in [0.3, 0.4) is 0 Å². The first-order valence-corrected chi connectivity index (χ1v) is 15.8. The molecule has 0 atom stereocenters. The Kier molecular flexibility index (Phi) is 5.93. The average molecular weight is 613 g/mol. The standard InChI is InChI=1S/C40H32N6O/c1-40(2,3)28-19-20-41-38(24-28)46-34-13-5-4-12-32(34)33-18-17-31(26-37(33)46)47-30-11-6-10-29(25-30)43-27-42-21-7-14-35(42)36-15-8-22-44(36)45-23-9-16-39(43)45/h4-26H,1-3H3. The van der Waals surface area contributed by atoms with E-state index in [0.29, 0.717) is 0 Å². The van der Waals surface area contributed by atoms with Crippen molar-refractivity contribution in [2.45, 2.75) is 26.2 Å². The molecule has 0 fully saturated rings. The largest absolute Gasteiger partial charge is 0.458 e. The first kappa shape index (κ1) is 27.2. The van der Waals surface area contributed by atoms with Crippen molar-refractivity contribution in [2.75, 3.05) is 0 Å². The molecule has 0 aliphatic carbocycles. The molecule has 7 heteroatoms. The van der Waals surface area contributed by atoms with E-state index in [-0.39, 0.29) is 5.41 Å².